The van der Waals surface area contributed by atoms with Crippen LogP contribution in [0.25, 0.3) is 0 Å². The molecule has 3 fully saturated rings. The number of nitrogens with zero attached hydrogens (tertiary/aromatic N) is 2. The van der Waals surface area contributed by atoms with Crippen LogP contribution in [0.15, 0.2) is 77.0 Å². The number of Topliss-reactive ketones (excluding diaryl/α,β-unsaturated/α-hetero) is 2. The first-order valence-electron chi connectivity index (χ1n) is 26.7. The molecule has 1 aromatic heterocycles. The van der Waals surface area contributed by atoms with Crippen LogP contribution in [0, 0.1) is 35.5 Å². The molecular weight excluding hydrogens is 969 g/mol. The van der Waals surface area contributed by atoms with Crippen molar-refractivity contribution in [2.75, 3.05) is 27.3 Å². The lowest BCUT2D eigenvalue weighted by atomic mass is 9.78. The number of ether oxygens (including phenoxy) is 4. The van der Waals surface area contributed by atoms with Crippen molar-refractivity contribution in [1.29, 1.82) is 0 Å². The summed E-state index contributed by atoms with van der Waals surface area (Å²) in [6, 6.07) is 1.21. The van der Waals surface area contributed by atoms with E-state index in [-0.39, 0.29) is 60.5 Å². The van der Waals surface area contributed by atoms with Crippen LogP contribution in [0.2, 0.25) is 0 Å². The Kier molecular flexibility index (Phi) is 25.0. The Morgan fingerprint density at radius 2 is 1.74 bits per heavy atom. The average molecular weight is 1060 g/mol. The Labute approximate surface area is 440 Å². The number of aromatic nitrogens is 1. The van der Waals surface area contributed by atoms with Gasteiger partial charge in [0.2, 0.25) is 15.8 Å². The van der Waals surface area contributed by atoms with Crippen molar-refractivity contribution in [2.45, 2.75) is 192 Å². The average Bonchev–Trinajstić information content (AvgIpc) is 3.37. The molecule has 74 heavy (non-hydrogen) atoms. The zero-order valence-corrected chi connectivity index (χ0v) is 46.4. The molecule has 1 saturated carbocycles. The van der Waals surface area contributed by atoms with Crippen LogP contribution in [0.4, 0.5) is 0 Å². The lowest BCUT2D eigenvalue weighted by Gasteiger charge is -2.44. The number of carbonyl (C=O) groups excluding carboxylic acids is 4. The maximum Gasteiger partial charge on any atom is 0.329 e. The maximum atomic E-state index is 14.6. The van der Waals surface area contributed by atoms with E-state index in [0.717, 1.165) is 12.0 Å². The van der Waals surface area contributed by atoms with E-state index in [1.54, 1.807) is 40.9 Å². The van der Waals surface area contributed by atoms with Gasteiger partial charge >= 0.3 is 5.97 Å². The number of piperidine rings is 1. The normalized spacial score (nSPS) is 27.0. The first kappa shape index (κ1) is 62.6. The molecule has 7 unspecified atom stereocenters. The molecule has 6 N–H and O–H groups in total. The molecule has 1 aliphatic carbocycles. The highest BCUT2D eigenvalue weighted by molar-refractivity contribution is 7.89. The topological polar surface area (TPSA) is 254 Å². The number of sulfonamides is 1. The van der Waals surface area contributed by atoms with Gasteiger partial charge in [-0.15, -0.1) is 0 Å². The number of ketones is 2. The van der Waals surface area contributed by atoms with Gasteiger partial charge in [0.25, 0.3) is 11.7 Å². The second-order valence-electron chi connectivity index (χ2n) is 21.7. The van der Waals surface area contributed by atoms with Gasteiger partial charge in [0, 0.05) is 63.5 Å². The Balaban J connectivity index is 1.57. The number of nitrogens with two attached hydrogens (primary N) is 1. The minimum atomic E-state index is -4.00. The minimum Gasteiger partial charge on any atom is -0.461 e. The summed E-state index contributed by atoms with van der Waals surface area (Å²) in [4.78, 5) is 61.5. The number of methoxy groups -OCH3 is 2. The van der Waals surface area contributed by atoms with Crippen LogP contribution in [-0.2, 0) is 48.1 Å². The second-order valence-corrected chi connectivity index (χ2v) is 23.5. The summed E-state index contributed by atoms with van der Waals surface area (Å²) in [7, 11) is -1.06. The number of rotatable bonds is 27. The largest absolute Gasteiger partial charge is 0.461 e. The van der Waals surface area contributed by atoms with E-state index < -0.39 is 87.9 Å². The Morgan fingerprint density at radius 1 is 1.01 bits per heavy atom. The van der Waals surface area contributed by atoms with E-state index in [0.29, 0.717) is 69.3 Å². The summed E-state index contributed by atoms with van der Waals surface area (Å²) in [6.07, 6.45) is 14.9. The molecule has 0 radical (unpaired) electrons. The summed E-state index contributed by atoms with van der Waals surface area (Å²) in [5.74, 6) is -7.25. The molecule has 13 atom stereocenters. The van der Waals surface area contributed by atoms with Crippen molar-refractivity contribution in [3.63, 3.8) is 0 Å². The zero-order valence-electron chi connectivity index (χ0n) is 45.6. The fourth-order valence-corrected chi connectivity index (χ4v) is 11.5. The molecule has 4 rings (SSSR count). The fourth-order valence-electron chi connectivity index (χ4n) is 10.4. The summed E-state index contributed by atoms with van der Waals surface area (Å²) in [6.45, 7) is 14.8. The third-order valence-electron chi connectivity index (χ3n) is 15.0. The van der Waals surface area contributed by atoms with Gasteiger partial charge < -0.3 is 44.9 Å². The number of aliphatic hydroxyl groups excluding tert-OH is 2. The van der Waals surface area contributed by atoms with Crippen molar-refractivity contribution < 1.29 is 61.9 Å². The monoisotopic (exact) mass is 1060 g/mol. The standard InChI is InChI=1S/C56H88N4O13S/c1-35(2)17-12-11-13-18-37(5)29-42(33-59-74(68,69)44-19-16-27-58-34-44)48-25-21-40(8)56(67,73-48)53(64)54(65)60-28-15-14-20-45(60)55(66)72-47(38(6)30-41-22-24-46(61)49(32-41)70-9)26-23-43(57)31-39(7)51(63)52(71-10)50(62)36(3)4/h11-13,16-19,27,31,34-36,38,40-43,45-49,51-52,59,61,63,67H,14-15,20-26,28-30,32-33,57H2,1-10H3/b13-11+,17-12+,37-18+,39-31+/t38-,40?,41?,42?,43-,45?,46+,47-,48-,49?,51?,52-,56?/m0/s1. The van der Waals surface area contributed by atoms with Crippen LogP contribution in [0.3, 0.4) is 0 Å². The number of allylic oxidation sites excluding steroid dienone is 6. The minimum absolute atomic E-state index is 0.0259. The lowest BCUT2D eigenvalue weighted by molar-refractivity contribution is -0.270. The summed E-state index contributed by atoms with van der Waals surface area (Å²) in [5, 5.41) is 33.9. The van der Waals surface area contributed by atoms with Gasteiger partial charge in [0.1, 0.15) is 29.2 Å². The molecule has 2 saturated heterocycles. The number of hydrogen-bond donors (Lipinski definition) is 5. The third kappa shape index (κ3) is 17.8. The Morgan fingerprint density at radius 3 is 2.39 bits per heavy atom. The van der Waals surface area contributed by atoms with E-state index in [4.69, 9.17) is 24.7 Å². The first-order chi connectivity index (χ1) is 34.9. The van der Waals surface area contributed by atoms with E-state index in [1.807, 2.05) is 38.2 Å². The molecule has 1 aromatic rings. The number of pyridine rings is 1. The van der Waals surface area contributed by atoms with Gasteiger partial charge in [-0.05, 0) is 126 Å². The molecule has 0 bridgehead atoms. The van der Waals surface area contributed by atoms with Crippen molar-refractivity contribution in [2.24, 2.45) is 41.2 Å². The van der Waals surface area contributed by atoms with Gasteiger partial charge in [0.15, 0.2) is 5.78 Å². The molecule has 3 heterocycles. The van der Waals surface area contributed by atoms with Gasteiger partial charge in [-0.3, -0.25) is 19.4 Å². The number of likely N-dealkylation sites (tertiary alicyclic amines) is 1. The lowest BCUT2D eigenvalue weighted by Crippen LogP contribution is -2.61. The van der Waals surface area contributed by atoms with Crippen LogP contribution in [-0.4, -0.2) is 139 Å². The molecule has 1 amide bonds. The van der Waals surface area contributed by atoms with Crippen molar-refractivity contribution in [3.8, 4) is 0 Å². The van der Waals surface area contributed by atoms with E-state index in [9.17, 15) is 42.9 Å². The third-order valence-corrected chi connectivity index (χ3v) is 16.4. The van der Waals surface area contributed by atoms with Crippen molar-refractivity contribution in [1.82, 2.24) is 14.6 Å². The van der Waals surface area contributed by atoms with E-state index >= 15 is 0 Å². The first-order valence-corrected chi connectivity index (χ1v) is 28.2. The van der Waals surface area contributed by atoms with Gasteiger partial charge in [0.05, 0.1) is 18.3 Å². The molecule has 416 valence electrons. The number of esters is 1. The van der Waals surface area contributed by atoms with Crippen molar-refractivity contribution >= 4 is 33.5 Å². The molecule has 0 spiro atoms. The SMILES string of the molecule is COC1CC(C[C@H](C)[C@H](CC[C@H](N)/C=C(\C)C(O)[C@@H](OC)C(=O)C(C)C)OC(=O)C2CCCCN2C(=O)C(=O)C2(O)O[C@H](C(CNS(=O)(=O)c3cccnc3)C/C(C)=C/C=C/C=C/C(C)C)CCC2C)CC[C@H]1O. The van der Waals surface area contributed by atoms with E-state index in [2.05, 4.69) is 29.6 Å². The molecule has 18 heteroatoms. The van der Waals surface area contributed by atoms with Gasteiger partial charge in [-0.1, -0.05) is 83.6 Å². The number of aliphatic hydroxyl groups is 3. The van der Waals surface area contributed by atoms with Crippen LogP contribution < -0.4 is 10.5 Å². The fraction of sp³-hybridized carbons (Fsp3) is 0.696. The van der Waals surface area contributed by atoms with Crippen LogP contribution in [0.1, 0.15) is 132 Å². The number of hydrogen-bond acceptors (Lipinski definition) is 15. The predicted molar refractivity (Wildman–Crippen MR) is 282 cm³/mol. The highest BCUT2D eigenvalue weighted by Crippen LogP contribution is 2.39. The highest BCUT2D eigenvalue weighted by atomic mass is 32.2. The zero-order chi connectivity index (χ0) is 54.9. The number of amides is 1. The molecule has 3 aliphatic rings. The molecule has 17 nitrogen and oxygen atoms in total. The quantitative estimate of drug-likeness (QED) is 0.0280. The van der Waals surface area contributed by atoms with E-state index in [1.165, 1.54) is 36.5 Å². The molecule has 2 aliphatic heterocycles. The predicted octanol–water partition coefficient (Wildman–Crippen LogP) is 6.30. The highest BCUT2D eigenvalue weighted by Gasteiger charge is 2.54. The van der Waals surface area contributed by atoms with Crippen molar-refractivity contribution in [3.05, 3.63) is 72.1 Å². The van der Waals surface area contributed by atoms with Gasteiger partial charge in [-0.2, -0.15) is 0 Å². The summed E-state index contributed by atoms with van der Waals surface area (Å²) < 4.78 is 53.1. The summed E-state index contributed by atoms with van der Waals surface area (Å²) >= 11 is 0. The molecule has 0 aromatic carbocycles. The molecular formula is C56H88N4O13S. The second kappa shape index (κ2) is 29.5. The summed E-state index contributed by atoms with van der Waals surface area (Å²) in [5.41, 5.74) is 7.97. The number of nitrogens with one attached hydrogen (secondary N) is 1. The Hall–Kier alpha value is -3.98. The Bertz CT molecular complexity index is 2220. The number of carbonyl (C=O) groups is 4. The van der Waals surface area contributed by atoms with Crippen LogP contribution >= 0.6 is 0 Å². The van der Waals surface area contributed by atoms with Gasteiger partial charge in [-0.25, -0.2) is 17.9 Å². The maximum absolute atomic E-state index is 14.6. The van der Waals surface area contributed by atoms with Crippen LogP contribution in [0.5, 0.6) is 0 Å². The smallest absolute Gasteiger partial charge is 0.329 e.